The summed E-state index contributed by atoms with van der Waals surface area (Å²) in [5.41, 5.74) is 0.882. The molecule has 0 spiro atoms. The molecule has 3 aromatic rings. The number of carbonyl (C=O) groups excluding carboxylic acids is 2. The molecule has 3 aromatic carbocycles. The van der Waals surface area contributed by atoms with Crippen molar-refractivity contribution in [2.45, 2.75) is 56.6 Å². The Balaban J connectivity index is 1.62. The highest BCUT2D eigenvalue weighted by molar-refractivity contribution is 5.76. The molecule has 1 heterocycles. The maximum absolute atomic E-state index is 13.7. The lowest BCUT2D eigenvalue weighted by Crippen LogP contribution is -2.62. The molecule has 3 unspecified atom stereocenters. The van der Waals surface area contributed by atoms with E-state index < -0.39 is 23.3 Å². The smallest absolute Gasteiger partial charge is 0.336 e. The Morgan fingerprint density at radius 1 is 0.821 bits per heavy atom. The van der Waals surface area contributed by atoms with Gasteiger partial charge in [0.25, 0.3) is 0 Å². The lowest BCUT2D eigenvalue weighted by atomic mass is 9.80. The molecule has 1 aliphatic heterocycles. The zero-order valence-corrected chi connectivity index (χ0v) is 23.1. The summed E-state index contributed by atoms with van der Waals surface area (Å²) in [5, 5.41) is 6.77. The Labute approximate surface area is 230 Å². The highest BCUT2D eigenvalue weighted by atomic mass is 16.6. The maximum atomic E-state index is 13.7. The quantitative estimate of drug-likeness (QED) is 0.317. The van der Waals surface area contributed by atoms with Crippen LogP contribution in [0.1, 0.15) is 43.9 Å². The Kier molecular flexibility index (Phi) is 9.17. The predicted octanol–water partition coefficient (Wildman–Crippen LogP) is 4.20. The van der Waals surface area contributed by atoms with Crippen LogP contribution in [0, 0.1) is 0 Å². The third-order valence-electron chi connectivity index (χ3n) is 6.71. The van der Waals surface area contributed by atoms with Crippen LogP contribution in [0.25, 0.3) is 0 Å². The van der Waals surface area contributed by atoms with Gasteiger partial charge in [-0.05, 0) is 20.8 Å². The van der Waals surface area contributed by atoms with Gasteiger partial charge in [-0.1, -0.05) is 91.0 Å². The SMILES string of the molecule is COC(=O)C(OC(C)(C)C)C1CNCC(CC(=O)OC(c2ccccc2)(c2ccccc2)c2ccccc2)N1. The van der Waals surface area contributed by atoms with Crippen LogP contribution in [-0.4, -0.2) is 55.9 Å². The minimum atomic E-state index is -1.13. The summed E-state index contributed by atoms with van der Waals surface area (Å²) < 4.78 is 17.6. The lowest BCUT2D eigenvalue weighted by Gasteiger charge is -2.38. The first kappa shape index (κ1) is 28.5. The van der Waals surface area contributed by atoms with E-state index in [0.717, 1.165) is 16.7 Å². The molecule has 7 heteroatoms. The summed E-state index contributed by atoms with van der Waals surface area (Å²) in [6.07, 6.45) is -0.723. The molecule has 7 nitrogen and oxygen atoms in total. The van der Waals surface area contributed by atoms with Crippen molar-refractivity contribution < 1.29 is 23.8 Å². The van der Waals surface area contributed by atoms with Gasteiger partial charge in [0, 0.05) is 35.8 Å². The molecule has 0 amide bonds. The van der Waals surface area contributed by atoms with Crippen LogP contribution in [0.5, 0.6) is 0 Å². The van der Waals surface area contributed by atoms with Gasteiger partial charge < -0.3 is 24.8 Å². The second-order valence-electron chi connectivity index (χ2n) is 10.8. The average Bonchev–Trinajstić information content (AvgIpc) is 2.95. The molecule has 0 aromatic heterocycles. The number of esters is 2. The first-order valence-corrected chi connectivity index (χ1v) is 13.3. The zero-order chi connectivity index (χ0) is 27.9. The lowest BCUT2D eigenvalue weighted by molar-refractivity contribution is -0.167. The molecule has 2 N–H and O–H groups in total. The van der Waals surface area contributed by atoms with Gasteiger partial charge in [0.05, 0.1) is 25.2 Å². The monoisotopic (exact) mass is 530 g/mol. The van der Waals surface area contributed by atoms with Gasteiger partial charge in [-0.3, -0.25) is 4.79 Å². The van der Waals surface area contributed by atoms with Gasteiger partial charge in [0.15, 0.2) is 11.7 Å². The van der Waals surface area contributed by atoms with Crippen LogP contribution in [0.15, 0.2) is 91.0 Å². The molecule has 39 heavy (non-hydrogen) atoms. The summed E-state index contributed by atoms with van der Waals surface area (Å²) >= 11 is 0. The van der Waals surface area contributed by atoms with Gasteiger partial charge in [0.1, 0.15) is 0 Å². The molecular formula is C32H38N2O5. The summed E-state index contributed by atoms with van der Waals surface area (Å²) in [4.78, 5) is 26.3. The van der Waals surface area contributed by atoms with Crippen molar-refractivity contribution in [3.05, 3.63) is 108 Å². The third-order valence-corrected chi connectivity index (χ3v) is 6.71. The highest BCUT2D eigenvalue weighted by Crippen LogP contribution is 2.40. The molecule has 0 bridgehead atoms. The van der Waals surface area contributed by atoms with Crippen molar-refractivity contribution in [2.75, 3.05) is 20.2 Å². The second kappa shape index (κ2) is 12.6. The van der Waals surface area contributed by atoms with Gasteiger partial charge in [-0.2, -0.15) is 0 Å². The summed E-state index contributed by atoms with van der Waals surface area (Å²) in [5.74, 6) is -0.818. The van der Waals surface area contributed by atoms with Gasteiger partial charge in [0.2, 0.25) is 0 Å². The second-order valence-corrected chi connectivity index (χ2v) is 10.8. The number of ether oxygens (including phenoxy) is 3. The minimum absolute atomic E-state index is 0.0984. The van der Waals surface area contributed by atoms with Crippen LogP contribution in [0.2, 0.25) is 0 Å². The van der Waals surface area contributed by atoms with E-state index in [1.165, 1.54) is 7.11 Å². The fraction of sp³-hybridized carbons (Fsp3) is 0.375. The number of hydrogen-bond acceptors (Lipinski definition) is 7. The van der Waals surface area contributed by atoms with Crippen molar-refractivity contribution in [3.63, 3.8) is 0 Å². The molecule has 1 aliphatic rings. The van der Waals surface area contributed by atoms with Crippen molar-refractivity contribution in [1.29, 1.82) is 0 Å². The first-order valence-electron chi connectivity index (χ1n) is 13.3. The normalized spacial score (nSPS) is 18.7. The van der Waals surface area contributed by atoms with E-state index >= 15 is 0 Å². The number of hydrogen-bond donors (Lipinski definition) is 2. The van der Waals surface area contributed by atoms with Crippen molar-refractivity contribution in [1.82, 2.24) is 10.6 Å². The van der Waals surface area contributed by atoms with Gasteiger partial charge >= 0.3 is 11.9 Å². The highest BCUT2D eigenvalue weighted by Gasteiger charge is 2.42. The van der Waals surface area contributed by atoms with E-state index in [-0.39, 0.29) is 24.5 Å². The third kappa shape index (κ3) is 6.92. The number of nitrogens with one attached hydrogen (secondary N) is 2. The van der Waals surface area contributed by atoms with E-state index in [1.807, 2.05) is 112 Å². The fourth-order valence-corrected chi connectivity index (χ4v) is 5.06. The van der Waals surface area contributed by atoms with E-state index in [0.29, 0.717) is 13.1 Å². The number of piperazine rings is 1. The molecule has 206 valence electrons. The summed E-state index contributed by atoms with van der Waals surface area (Å²) in [7, 11) is 1.35. The molecule has 4 rings (SSSR count). The van der Waals surface area contributed by atoms with E-state index in [1.54, 1.807) is 0 Å². The Morgan fingerprint density at radius 2 is 1.31 bits per heavy atom. The van der Waals surface area contributed by atoms with Crippen LogP contribution < -0.4 is 10.6 Å². The van der Waals surface area contributed by atoms with Crippen molar-refractivity contribution in [2.24, 2.45) is 0 Å². The topological polar surface area (TPSA) is 85.9 Å². The minimum Gasteiger partial charge on any atom is -0.467 e. The van der Waals surface area contributed by atoms with Crippen LogP contribution in [0.3, 0.4) is 0 Å². The zero-order valence-electron chi connectivity index (χ0n) is 23.1. The predicted molar refractivity (Wildman–Crippen MR) is 150 cm³/mol. The van der Waals surface area contributed by atoms with Crippen LogP contribution >= 0.6 is 0 Å². The van der Waals surface area contributed by atoms with Crippen LogP contribution in [-0.2, 0) is 29.4 Å². The molecular weight excluding hydrogens is 492 g/mol. The van der Waals surface area contributed by atoms with E-state index in [9.17, 15) is 9.59 Å². The molecule has 1 saturated heterocycles. The molecule has 0 aliphatic carbocycles. The largest absolute Gasteiger partial charge is 0.467 e. The maximum Gasteiger partial charge on any atom is 0.336 e. The Morgan fingerprint density at radius 3 is 1.74 bits per heavy atom. The number of benzene rings is 3. The van der Waals surface area contributed by atoms with E-state index in [2.05, 4.69) is 10.6 Å². The van der Waals surface area contributed by atoms with Crippen molar-refractivity contribution in [3.8, 4) is 0 Å². The molecule has 0 saturated carbocycles. The number of carbonyl (C=O) groups is 2. The summed E-state index contributed by atoms with van der Waals surface area (Å²) in [6, 6.07) is 28.8. The van der Waals surface area contributed by atoms with Gasteiger partial charge in [-0.15, -0.1) is 0 Å². The first-order chi connectivity index (χ1) is 18.7. The van der Waals surface area contributed by atoms with Crippen LogP contribution in [0.4, 0.5) is 0 Å². The molecule has 3 atom stereocenters. The number of rotatable bonds is 9. The molecule has 0 radical (unpaired) electrons. The Hall–Kier alpha value is -3.52. The fourth-order valence-electron chi connectivity index (χ4n) is 5.06. The number of methoxy groups -OCH3 is 1. The molecule has 1 fully saturated rings. The van der Waals surface area contributed by atoms with Crippen molar-refractivity contribution >= 4 is 11.9 Å². The Bertz CT molecular complexity index is 1110. The van der Waals surface area contributed by atoms with E-state index in [4.69, 9.17) is 14.2 Å². The summed E-state index contributed by atoms with van der Waals surface area (Å²) in [6.45, 7) is 6.73. The van der Waals surface area contributed by atoms with Gasteiger partial charge in [-0.25, -0.2) is 4.79 Å². The average molecular weight is 531 g/mol. The standard InChI is InChI=1S/C32H38N2O5/c1-31(2,3)39-29(30(36)37-4)27-22-33-21-26(34-27)20-28(35)38-32(23-14-8-5-9-15-23,24-16-10-6-11-17-24)25-18-12-7-13-19-25/h5-19,26-27,29,33-34H,20-22H2,1-4H3.